The largest absolute Gasteiger partial charge is 0.853 e. The fourth-order valence-corrected chi connectivity index (χ4v) is 2.19. The molecule has 0 fully saturated rings. The van der Waals surface area contributed by atoms with Crippen LogP contribution >= 0.6 is 0 Å². The third kappa shape index (κ3) is 2.28. The number of nitrogens with zero attached hydrogens (tertiary/aromatic N) is 2. The lowest BCUT2D eigenvalue weighted by atomic mass is 10.0. The zero-order chi connectivity index (χ0) is 13.9. The molecular formula is C16H14N2O2. The van der Waals surface area contributed by atoms with E-state index >= 15 is 0 Å². The van der Waals surface area contributed by atoms with Crippen molar-refractivity contribution < 1.29 is 14.5 Å². The van der Waals surface area contributed by atoms with Gasteiger partial charge in [-0.05, 0) is 41.5 Å². The minimum absolute atomic E-state index is 0.0908. The summed E-state index contributed by atoms with van der Waals surface area (Å²) >= 11 is 0. The van der Waals surface area contributed by atoms with E-state index in [0.29, 0.717) is 6.54 Å². The van der Waals surface area contributed by atoms with E-state index in [0.717, 1.165) is 22.6 Å². The molecule has 100 valence electrons. The lowest BCUT2D eigenvalue weighted by Gasteiger charge is -2.16. The Morgan fingerprint density at radius 3 is 2.20 bits per heavy atom. The van der Waals surface area contributed by atoms with Crippen LogP contribution in [0.2, 0.25) is 0 Å². The Morgan fingerprint density at radius 2 is 1.65 bits per heavy atom. The molecule has 0 saturated heterocycles. The van der Waals surface area contributed by atoms with Gasteiger partial charge in [-0.1, -0.05) is 22.9 Å². The molecule has 0 amide bonds. The smallest absolute Gasteiger partial charge is 0.246 e. The van der Waals surface area contributed by atoms with Gasteiger partial charge in [-0.15, -0.1) is 0 Å². The van der Waals surface area contributed by atoms with Crippen LogP contribution in [0.15, 0.2) is 59.7 Å². The van der Waals surface area contributed by atoms with Gasteiger partial charge in [-0.2, -0.15) is 0 Å². The predicted octanol–water partition coefficient (Wildman–Crippen LogP) is 1.23. The number of rotatable bonds is 3. The van der Waals surface area contributed by atoms with Gasteiger partial charge in [0.25, 0.3) is 0 Å². The van der Waals surface area contributed by atoms with Crippen LogP contribution in [0.3, 0.4) is 0 Å². The molecule has 20 heavy (non-hydrogen) atoms. The van der Waals surface area contributed by atoms with Crippen molar-refractivity contribution in [3.05, 3.63) is 65.7 Å². The van der Waals surface area contributed by atoms with Crippen LogP contribution in [0.4, 0.5) is 0 Å². The first-order valence-corrected chi connectivity index (χ1v) is 6.37. The summed E-state index contributed by atoms with van der Waals surface area (Å²) in [4.78, 5) is 0. The van der Waals surface area contributed by atoms with Crippen molar-refractivity contribution in [2.24, 2.45) is 5.10 Å². The second-order valence-electron chi connectivity index (χ2n) is 4.49. The Labute approximate surface area is 117 Å². The maximum Gasteiger partial charge on any atom is 0.246 e. The van der Waals surface area contributed by atoms with E-state index in [1.807, 2.05) is 54.6 Å². The number of hydrogen-bond acceptors (Lipinski definition) is 3. The highest BCUT2D eigenvalue weighted by Gasteiger charge is 2.25. The first-order chi connectivity index (χ1) is 9.78. The molecule has 2 aromatic rings. The quantitative estimate of drug-likeness (QED) is 0.785. The lowest BCUT2D eigenvalue weighted by molar-refractivity contribution is -0.562. The molecule has 3 rings (SSSR count). The molecule has 4 nitrogen and oxygen atoms in total. The van der Waals surface area contributed by atoms with E-state index in [1.54, 1.807) is 11.8 Å². The maximum atomic E-state index is 11.1. The van der Waals surface area contributed by atoms with E-state index in [4.69, 9.17) is 4.74 Å². The molecule has 0 bridgehead atoms. The van der Waals surface area contributed by atoms with E-state index in [2.05, 4.69) is 5.10 Å². The highest BCUT2D eigenvalue weighted by Crippen LogP contribution is 2.17. The molecule has 0 aliphatic carbocycles. The summed E-state index contributed by atoms with van der Waals surface area (Å²) in [6, 6.07) is 17.7. The fraction of sp³-hybridized carbons (Fsp3) is 0.125. The third-order valence-corrected chi connectivity index (χ3v) is 3.19. The molecule has 1 heterocycles. The molecule has 1 aliphatic rings. The molecule has 0 spiro atoms. The van der Waals surface area contributed by atoms with Crippen LogP contribution in [-0.4, -0.2) is 29.9 Å². The van der Waals surface area contributed by atoms with E-state index in [9.17, 15) is 5.11 Å². The van der Waals surface area contributed by atoms with Crippen LogP contribution in [0.5, 0.6) is 5.75 Å². The summed E-state index contributed by atoms with van der Waals surface area (Å²) in [5, 5.41) is 15.1. The normalized spacial score (nSPS) is 16.1. The van der Waals surface area contributed by atoms with Gasteiger partial charge in [0, 0.05) is 11.1 Å². The Morgan fingerprint density at radius 1 is 1.05 bits per heavy atom. The maximum absolute atomic E-state index is 11.1. The minimum atomic E-state index is -0.0908. The lowest BCUT2D eigenvalue weighted by Crippen LogP contribution is -2.41. The number of hydrogen-bond donors (Lipinski definition) is 0. The van der Waals surface area contributed by atoms with E-state index in [-0.39, 0.29) is 5.90 Å². The molecule has 1 aliphatic heterocycles. The molecule has 0 aromatic heterocycles. The van der Waals surface area contributed by atoms with Crippen molar-refractivity contribution in [2.75, 3.05) is 13.7 Å². The first kappa shape index (κ1) is 12.4. The number of ether oxygens (including phenoxy) is 1. The van der Waals surface area contributed by atoms with Crippen molar-refractivity contribution >= 4 is 11.6 Å². The third-order valence-electron chi connectivity index (χ3n) is 3.19. The Hall–Kier alpha value is -2.62. The first-order valence-electron chi connectivity index (χ1n) is 6.37. The van der Waals surface area contributed by atoms with Crippen LogP contribution in [-0.2, 0) is 0 Å². The molecule has 4 heteroatoms. The standard InChI is InChI=1S/C16H14N2O2/c1-20-14-9-7-13(8-10-14)16(18-11-15(19)17-18)12-5-3-2-4-6-12/h2-10H,11H2,1H3/b18-16+. The van der Waals surface area contributed by atoms with Gasteiger partial charge in [0.2, 0.25) is 12.3 Å². The Balaban J connectivity index is 2.09. The summed E-state index contributed by atoms with van der Waals surface area (Å²) in [7, 11) is 1.64. The molecule has 0 atom stereocenters. The second kappa shape index (κ2) is 5.17. The Bertz CT molecular complexity index is 673. The predicted molar refractivity (Wildman–Crippen MR) is 75.2 cm³/mol. The topological polar surface area (TPSA) is 47.7 Å². The average molecular weight is 266 g/mol. The molecule has 0 unspecified atom stereocenters. The summed E-state index contributed by atoms with van der Waals surface area (Å²) < 4.78 is 6.91. The number of methoxy groups -OCH3 is 1. The van der Waals surface area contributed by atoms with Gasteiger partial charge >= 0.3 is 0 Å². The SMILES string of the molecule is COc1ccc(/C(c2ccccc2)=[N+]2\CC([O-])=N2)cc1. The van der Waals surface area contributed by atoms with Gasteiger partial charge < -0.3 is 9.84 Å². The highest BCUT2D eigenvalue weighted by molar-refractivity contribution is 6.10. The molecule has 2 aromatic carbocycles. The Kier molecular flexibility index (Phi) is 3.21. The minimum Gasteiger partial charge on any atom is -0.853 e. The molecule has 0 saturated carbocycles. The van der Waals surface area contributed by atoms with Crippen molar-refractivity contribution in [1.29, 1.82) is 0 Å². The van der Waals surface area contributed by atoms with E-state index < -0.39 is 0 Å². The highest BCUT2D eigenvalue weighted by atomic mass is 16.5. The number of hydrazone groups is 1. The van der Waals surface area contributed by atoms with Gasteiger partial charge in [-0.3, -0.25) is 0 Å². The van der Waals surface area contributed by atoms with Crippen LogP contribution < -0.4 is 9.84 Å². The zero-order valence-electron chi connectivity index (χ0n) is 11.1. The van der Waals surface area contributed by atoms with E-state index in [1.165, 1.54) is 0 Å². The van der Waals surface area contributed by atoms with Gasteiger partial charge in [-0.25, -0.2) is 0 Å². The van der Waals surface area contributed by atoms with Crippen molar-refractivity contribution in [1.82, 2.24) is 0 Å². The van der Waals surface area contributed by atoms with Gasteiger partial charge in [0.1, 0.15) is 11.6 Å². The van der Waals surface area contributed by atoms with Crippen LogP contribution in [0.25, 0.3) is 0 Å². The van der Waals surface area contributed by atoms with Crippen molar-refractivity contribution in [2.45, 2.75) is 0 Å². The summed E-state index contributed by atoms with van der Waals surface area (Å²) in [6.45, 7) is 0.330. The number of benzene rings is 2. The van der Waals surface area contributed by atoms with Gasteiger partial charge in [0.15, 0.2) is 0 Å². The molecule has 0 N–H and O–H groups in total. The zero-order valence-corrected chi connectivity index (χ0v) is 11.1. The van der Waals surface area contributed by atoms with Crippen molar-refractivity contribution in [3.63, 3.8) is 0 Å². The van der Waals surface area contributed by atoms with Gasteiger partial charge in [0.05, 0.1) is 7.11 Å². The summed E-state index contributed by atoms with van der Waals surface area (Å²) in [6.07, 6.45) is 0. The second-order valence-corrected chi connectivity index (χ2v) is 4.49. The molecule has 0 radical (unpaired) electrons. The monoisotopic (exact) mass is 266 g/mol. The average Bonchev–Trinajstić information content (AvgIpc) is 2.47. The summed E-state index contributed by atoms with van der Waals surface area (Å²) in [5.41, 5.74) is 2.98. The van der Waals surface area contributed by atoms with Crippen molar-refractivity contribution in [3.8, 4) is 5.75 Å². The van der Waals surface area contributed by atoms with Crippen LogP contribution in [0.1, 0.15) is 11.1 Å². The fourth-order valence-electron chi connectivity index (χ4n) is 2.19. The molecular weight excluding hydrogens is 252 g/mol. The van der Waals surface area contributed by atoms with Crippen LogP contribution in [0, 0.1) is 0 Å². The summed E-state index contributed by atoms with van der Waals surface area (Å²) in [5.74, 6) is 0.713.